The monoisotopic (exact) mass is 337 g/mol. The van der Waals surface area contributed by atoms with Crippen molar-refractivity contribution in [3.63, 3.8) is 0 Å². The predicted octanol–water partition coefficient (Wildman–Crippen LogP) is 2.40. The Morgan fingerprint density at radius 1 is 1.21 bits per heavy atom. The van der Waals surface area contributed by atoms with Gasteiger partial charge in [0.05, 0.1) is 11.4 Å². The third-order valence-electron chi connectivity index (χ3n) is 3.46. The van der Waals surface area contributed by atoms with Crippen LogP contribution in [0.4, 0.5) is 5.69 Å². The number of aromatic nitrogens is 4. The lowest BCUT2D eigenvalue weighted by Gasteiger charge is -2.08. The number of nitrogens with zero attached hydrogens (tertiary/aromatic N) is 3. The third kappa shape index (κ3) is 2.59. The first kappa shape index (κ1) is 14.3. The first-order valence-corrected chi connectivity index (χ1v) is 7.97. The Morgan fingerprint density at radius 2 is 2.08 bits per heavy atom. The molecule has 3 aromatic heterocycles. The van der Waals surface area contributed by atoms with E-state index in [9.17, 15) is 9.59 Å². The van der Waals surface area contributed by atoms with Gasteiger partial charge in [0, 0.05) is 29.4 Å². The first-order chi connectivity index (χ1) is 11.7. The lowest BCUT2D eigenvalue weighted by atomic mass is 10.1. The SMILES string of the molecule is O=C(Nc1ccccc1-c1cn2ccsc2n1)c1ccc(=O)[nH]n1. The number of rotatable bonds is 3. The van der Waals surface area contributed by atoms with Gasteiger partial charge in [-0.3, -0.25) is 14.0 Å². The van der Waals surface area contributed by atoms with Gasteiger partial charge in [0.2, 0.25) is 0 Å². The van der Waals surface area contributed by atoms with Crippen LogP contribution >= 0.6 is 11.3 Å². The Morgan fingerprint density at radius 3 is 2.88 bits per heavy atom. The second-order valence-corrected chi connectivity index (χ2v) is 5.90. The van der Waals surface area contributed by atoms with Crippen LogP contribution in [0.1, 0.15) is 10.5 Å². The minimum Gasteiger partial charge on any atom is -0.320 e. The average Bonchev–Trinajstić information content (AvgIpc) is 3.17. The zero-order valence-corrected chi connectivity index (χ0v) is 13.1. The summed E-state index contributed by atoms with van der Waals surface area (Å²) in [7, 11) is 0. The van der Waals surface area contributed by atoms with E-state index >= 15 is 0 Å². The average molecular weight is 337 g/mol. The molecule has 2 N–H and O–H groups in total. The van der Waals surface area contributed by atoms with Crippen LogP contribution in [0, 0.1) is 0 Å². The summed E-state index contributed by atoms with van der Waals surface area (Å²) in [6.07, 6.45) is 3.84. The number of H-pyrrole nitrogens is 1. The molecule has 0 radical (unpaired) electrons. The van der Waals surface area contributed by atoms with Crippen molar-refractivity contribution in [2.45, 2.75) is 0 Å². The van der Waals surface area contributed by atoms with Gasteiger partial charge in [0.25, 0.3) is 11.5 Å². The van der Waals surface area contributed by atoms with Gasteiger partial charge in [-0.05, 0) is 12.1 Å². The largest absolute Gasteiger partial charge is 0.320 e. The fraction of sp³-hybridized carbons (Fsp3) is 0. The molecule has 0 fully saturated rings. The molecule has 0 saturated carbocycles. The molecule has 7 nitrogen and oxygen atoms in total. The lowest BCUT2D eigenvalue weighted by Crippen LogP contribution is -2.17. The van der Waals surface area contributed by atoms with E-state index in [1.807, 2.05) is 40.4 Å². The van der Waals surface area contributed by atoms with Crippen LogP contribution in [0.2, 0.25) is 0 Å². The van der Waals surface area contributed by atoms with Crippen molar-refractivity contribution in [3.8, 4) is 11.3 Å². The normalized spacial score (nSPS) is 10.8. The summed E-state index contributed by atoms with van der Waals surface area (Å²) in [6.45, 7) is 0. The van der Waals surface area contributed by atoms with Crippen LogP contribution < -0.4 is 10.9 Å². The highest BCUT2D eigenvalue weighted by atomic mass is 32.1. The summed E-state index contributed by atoms with van der Waals surface area (Å²) in [5.41, 5.74) is 1.99. The molecule has 0 aliphatic carbocycles. The van der Waals surface area contributed by atoms with Gasteiger partial charge >= 0.3 is 0 Å². The summed E-state index contributed by atoms with van der Waals surface area (Å²) in [4.78, 5) is 28.8. The number of fused-ring (bicyclic) bond motifs is 1. The number of thiazole rings is 1. The van der Waals surface area contributed by atoms with Crippen LogP contribution in [0.3, 0.4) is 0 Å². The summed E-state index contributed by atoms with van der Waals surface area (Å²) in [5.74, 6) is -0.403. The first-order valence-electron chi connectivity index (χ1n) is 7.09. The lowest BCUT2D eigenvalue weighted by molar-refractivity contribution is 0.102. The van der Waals surface area contributed by atoms with E-state index < -0.39 is 5.91 Å². The number of para-hydroxylation sites is 1. The smallest absolute Gasteiger partial charge is 0.276 e. The number of anilines is 1. The Balaban J connectivity index is 1.68. The van der Waals surface area contributed by atoms with Gasteiger partial charge in [0.15, 0.2) is 4.96 Å². The van der Waals surface area contributed by atoms with Crippen LogP contribution in [0.5, 0.6) is 0 Å². The molecule has 3 heterocycles. The van der Waals surface area contributed by atoms with Crippen molar-refractivity contribution < 1.29 is 4.79 Å². The number of carbonyl (C=O) groups excluding carboxylic acids is 1. The van der Waals surface area contributed by atoms with E-state index in [1.165, 1.54) is 12.1 Å². The molecule has 0 aliphatic rings. The molecule has 4 aromatic rings. The number of nitrogens with one attached hydrogen (secondary N) is 2. The van der Waals surface area contributed by atoms with Gasteiger partial charge < -0.3 is 5.32 Å². The number of aromatic amines is 1. The quantitative estimate of drug-likeness (QED) is 0.600. The van der Waals surface area contributed by atoms with Crippen molar-refractivity contribution >= 4 is 27.9 Å². The molecular formula is C16H11N5O2S. The molecule has 118 valence electrons. The molecule has 1 aromatic carbocycles. The highest BCUT2D eigenvalue weighted by Gasteiger charge is 2.13. The minimum atomic E-state index is -0.403. The zero-order valence-electron chi connectivity index (χ0n) is 12.3. The summed E-state index contributed by atoms with van der Waals surface area (Å²) in [5, 5.41) is 10.8. The fourth-order valence-electron chi connectivity index (χ4n) is 2.33. The zero-order chi connectivity index (χ0) is 16.5. The van der Waals surface area contributed by atoms with Crippen LogP contribution in [0.25, 0.3) is 16.2 Å². The van der Waals surface area contributed by atoms with Crippen molar-refractivity contribution in [1.29, 1.82) is 0 Å². The molecule has 8 heteroatoms. The third-order valence-corrected chi connectivity index (χ3v) is 4.23. The summed E-state index contributed by atoms with van der Waals surface area (Å²) < 4.78 is 1.93. The number of hydrogen-bond acceptors (Lipinski definition) is 5. The van der Waals surface area contributed by atoms with Crippen molar-refractivity contribution in [2.75, 3.05) is 5.32 Å². The molecule has 0 bridgehead atoms. The topological polar surface area (TPSA) is 92.2 Å². The Labute approximate surface area is 139 Å². The van der Waals surface area contributed by atoms with Crippen LogP contribution in [-0.4, -0.2) is 25.5 Å². The maximum absolute atomic E-state index is 12.3. The van der Waals surface area contributed by atoms with Gasteiger partial charge in [-0.2, -0.15) is 5.10 Å². The Kier molecular flexibility index (Phi) is 3.43. The molecule has 0 saturated heterocycles. The van der Waals surface area contributed by atoms with Crippen molar-refractivity contribution in [1.82, 2.24) is 19.6 Å². The highest BCUT2D eigenvalue weighted by Crippen LogP contribution is 2.28. The molecule has 0 spiro atoms. The molecule has 1 amide bonds. The van der Waals surface area contributed by atoms with E-state index in [-0.39, 0.29) is 11.3 Å². The number of benzene rings is 1. The van der Waals surface area contributed by atoms with Gasteiger partial charge in [-0.1, -0.05) is 18.2 Å². The second-order valence-electron chi connectivity index (χ2n) is 5.03. The van der Waals surface area contributed by atoms with Crippen LogP contribution in [0.15, 0.2) is 59.0 Å². The molecular weight excluding hydrogens is 326 g/mol. The molecule has 24 heavy (non-hydrogen) atoms. The number of carbonyl (C=O) groups is 1. The minimum absolute atomic E-state index is 0.134. The van der Waals surface area contributed by atoms with Crippen LogP contribution in [-0.2, 0) is 0 Å². The van der Waals surface area contributed by atoms with E-state index in [2.05, 4.69) is 20.5 Å². The standard InChI is InChI=1S/C16H11N5O2S/c22-14-6-5-12(19-20-14)15(23)17-11-4-2-1-3-10(11)13-9-21-7-8-24-16(21)18-13/h1-9H,(H,17,23)(H,20,22). The predicted molar refractivity (Wildman–Crippen MR) is 91.3 cm³/mol. The van der Waals surface area contributed by atoms with Gasteiger partial charge in [-0.15, -0.1) is 11.3 Å². The number of amides is 1. The van der Waals surface area contributed by atoms with E-state index in [4.69, 9.17) is 0 Å². The summed E-state index contributed by atoms with van der Waals surface area (Å²) in [6, 6.07) is 10.0. The van der Waals surface area contributed by atoms with Crippen molar-refractivity contribution in [2.24, 2.45) is 0 Å². The Hall–Kier alpha value is -3.26. The summed E-state index contributed by atoms with van der Waals surface area (Å²) >= 11 is 1.54. The molecule has 0 atom stereocenters. The van der Waals surface area contributed by atoms with E-state index in [0.717, 1.165) is 16.2 Å². The van der Waals surface area contributed by atoms with Gasteiger partial charge in [0.1, 0.15) is 5.69 Å². The van der Waals surface area contributed by atoms with E-state index in [1.54, 1.807) is 17.4 Å². The van der Waals surface area contributed by atoms with Crippen molar-refractivity contribution in [3.05, 3.63) is 70.2 Å². The molecule has 4 rings (SSSR count). The Bertz CT molecular complexity index is 1050. The molecule has 0 aliphatic heterocycles. The van der Waals surface area contributed by atoms with Gasteiger partial charge in [-0.25, -0.2) is 10.1 Å². The van der Waals surface area contributed by atoms with E-state index in [0.29, 0.717) is 5.69 Å². The second kappa shape index (κ2) is 5.74. The maximum atomic E-state index is 12.3. The number of imidazole rings is 1. The maximum Gasteiger partial charge on any atom is 0.276 e. The fourth-order valence-corrected chi connectivity index (χ4v) is 3.03. The number of hydrogen-bond donors (Lipinski definition) is 2. The molecule has 0 unspecified atom stereocenters. The highest BCUT2D eigenvalue weighted by molar-refractivity contribution is 7.15.